The summed E-state index contributed by atoms with van der Waals surface area (Å²) < 4.78 is 0. The van der Waals surface area contributed by atoms with Gasteiger partial charge in [-0.15, -0.1) is 0 Å². The van der Waals surface area contributed by atoms with E-state index in [1.165, 1.54) is 56.9 Å². The van der Waals surface area contributed by atoms with Gasteiger partial charge in [0.25, 0.3) is 0 Å². The molecular formula is C22H37N3O. The number of amides is 2. The lowest BCUT2D eigenvalue weighted by Gasteiger charge is -2.31. The Labute approximate surface area is 159 Å². The minimum absolute atomic E-state index is 0.0994. The number of rotatable bonds is 10. The Bertz CT molecular complexity index is 509. The van der Waals surface area contributed by atoms with E-state index < -0.39 is 0 Å². The number of hydrogen-bond donors (Lipinski definition) is 1. The van der Waals surface area contributed by atoms with Crippen molar-refractivity contribution in [2.45, 2.75) is 64.7 Å². The maximum Gasteiger partial charge on any atom is 0.324 e. The molecule has 1 saturated heterocycles. The van der Waals surface area contributed by atoms with Gasteiger partial charge in [-0.05, 0) is 30.5 Å². The average Bonchev–Trinajstić information content (AvgIpc) is 2.70. The summed E-state index contributed by atoms with van der Waals surface area (Å²) in [5, 5.41) is 3.28. The fourth-order valence-electron chi connectivity index (χ4n) is 3.53. The van der Waals surface area contributed by atoms with Crippen LogP contribution < -0.4 is 10.2 Å². The van der Waals surface area contributed by atoms with Gasteiger partial charge in [-0.2, -0.15) is 0 Å². The van der Waals surface area contributed by atoms with Crippen molar-refractivity contribution in [3.05, 3.63) is 29.8 Å². The Balaban J connectivity index is 1.67. The van der Waals surface area contributed by atoms with Gasteiger partial charge < -0.3 is 10.2 Å². The largest absolute Gasteiger partial charge is 0.324 e. The maximum atomic E-state index is 12.5. The monoisotopic (exact) mass is 359 g/mol. The van der Waals surface area contributed by atoms with Crippen molar-refractivity contribution in [2.24, 2.45) is 0 Å². The maximum absolute atomic E-state index is 12.5. The Morgan fingerprint density at radius 2 is 1.54 bits per heavy atom. The third kappa shape index (κ3) is 6.99. The first-order valence-electron chi connectivity index (χ1n) is 10.5. The topological polar surface area (TPSA) is 35.6 Å². The smallest absolute Gasteiger partial charge is 0.322 e. The summed E-state index contributed by atoms with van der Waals surface area (Å²) >= 11 is 0. The number of hydrogen-bond acceptors (Lipinski definition) is 2. The molecule has 1 aliphatic rings. The van der Waals surface area contributed by atoms with Gasteiger partial charge in [-0.25, -0.2) is 4.79 Å². The predicted molar refractivity (Wildman–Crippen MR) is 111 cm³/mol. The fourth-order valence-corrected chi connectivity index (χ4v) is 3.53. The first-order chi connectivity index (χ1) is 12.7. The fraction of sp³-hybridized carbons (Fsp3) is 0.682. The van der Waals surface area contributed by atoms with Crippen molar-refractivity contribution >= 4 is 11.7 Å². The highest BCUT2D eigenvalue weighted by Gasteiger charge is 2.20. The van der Waals surface area contributed by atoms with Crippen LogP contribution in [0.1, 0.15) is 63.9 Å². The number of anilines is 1. The van der Waals surface area contributed by atoms with Crippen LogP contribution >= 0.6 is 0 Å². The van der Waals surface area contributed by atoms with Crippen LogP contribution in [0.25, 0.3) is 0 Å². The van der Waals surface area contributed by atoms with Gasteiger partial charge in [0.15, 0.2) is 0 Å². The molecule has 26 heavy (non-hydrogen) atoms. The van der Waals surface area contributed by atoms with Crippen molar-refractivity contribution in [3.8, 4) is 0 Å². The number of unbranched alkanes of at least 4 members (excludes halogenated alkanes) is 7. The second-order valence-electron chi connectivity index (χ2n) is 7.47. The summed E-state index contributed by atoms with van der Waals surface area (Å²) in [6, 6.07) is 8.62. The van der Waals surface area contributed by atoms with Crippen LogP contribution in [0.3, 0.4) is 0 Å². The average molecular weight is 360 g/mol. The van der Waals surface area contributed by atoms with E-state index >= 15 is 0 Å². The van der Waals surface area contributed by atoms with E-state index in [1.807, 2.05) is 11.9 Å². The number of nitrogens with one attached hydrogen (secondary N) is 1. The quantitative estimate of drug-likeness (QED) is 0.607. The molecule has 1 heterocycles. The van der Waals surface area contributed by atoms with Crippen LogP contribution in [-0.2, 0) is 6.42 Å². The van der Waals surface area contributed by atoms with E-state index in [0.717, 1.165) is 38.3 Å². The van der Waals surface area contributed by atoms with Gasteiger partial charge >= 0.3 is 6.03 Å². The van der Waals surface area contributed by atoms with Crippen molar-refractivity contribution in [3.63, 3.8) is 0 Å². The predicted octanol–water partition coefficient (Wildman–Crippen LogP) is 4.83. The van der Waals surface area contributed by atoms with Gasteiger partial charge in [0.05, 0.1) is 0 Å². The number of piperazine rings is 1. The SMILES string of the molecule is CCCCCCCCCCc1ccc(N(C)C(=O)N2CCNCC2)cc1. The van der Waals surface area contributed by atoms with Gasteiger partial charge in [0.1, 0.15) is 0 Å². The number of aryl methyl sites for hydroxylation is 1. The molecule has 2 amide bonds. The van der Waals surface area contributed by atoms with Crippen LogP contribution in [0.5, 0.6) is 0 Å². The van der Waals surface area contributed by atoms with Gasteiger partial charge in [0, 0.05) is 38.9 Å². The van der Waals surface area contributed by atoms with E-state index in [4.69, 9.17) is 0 Å². The van der Waals surface area contributed by atoms with Crippen molar-refractivity contribution < 1.29 is 4.79 Å². The van der Waals surface area contributed by atoms with Crippen LogP contribution in [-0.4, -0.2) is 44.2 Å². The molecule has 0 radical (unpaired) electrons. The molecule has 0 saturated carbocycles. The van der Waals surface area contributed by atoms with Crippen LogP contribution in [0.15, 0.2) is 24.3 Å². The molecule has 0 unspecified atom stereocenters. The Morgan fingerprint density at radius 1 is 0.962 bits per heavy atom. The molecule has 1 aromatic carbocycles. The summed E-state index contributed by atoms with van der Waals surface area (Å²) in [5.41, 5.74) is 2.36. The second-order valence-corrected chi connectivity index (χ2v) is 7.47. The van der Waals surface area contributed by atoms with Gasteiger partial charge in [0.2, 0.25) is 0 Å². The number of carbonyl (C=O) groups excluding carboxylic acids is 1. The standard InChI is InChI=1S/C22H37N3O/c1-3-4-5-6-7-8-9-10-11-20-12-14-21(15-13-20)24(2)22(26)25-18-16-23-17-19-25/h12-15,23H,3-11,16-19H2,1-2H3. The number of nitrogens with zero attached hydrogens (tertiary/aromatic N) is 2. The molecule has 1 N–H and O–H groups in total. The highest BCUT2D eigenvalue weighted by atomic mass is 16.2. The molecule has 1 aromatic rings. The summed E-state index contributed by atoms with van der Waals surface area (Å²) in [4.78, 5) is 16.2. The lowest BCUT2D eigenvalue weighted by atomic mass is 10.0. The number of benzene rings is 1. The highest BCUT2D eigenvalue weighted by Crippen LogP contribution is 2.18. The number of urea groups is 1. The van der Waals surface area contributed by atoms with E-state index in [0.29, 0.717) is 0 Å². The Kier molecular flexibility index (Phi) is 9.54. The van der Waals surface area contributed by atoms with Crippen LogP contribution in [0, 0.1) is 0 Å². The van der Waals surface area contributed by atoms with E-state index in [2.05, 4.69) is 36.5 Å². The molecular weight excluding hydrogens is 322 g/mol. The van der Waals surface area contributed by atoms with Gasteiger partial charge in [-0.3, -0.25) is 4.90 Å². The minimum Gasteiger partial charge on any atom is -0.322 e. The summed E-state index contributed by atoms with van der Waals surface area (Å²) in [7, 11) is 1.87. The Morgan fingerprint density at radius 3 is 2.15 bits per heavy atom. The molecule has 0 atom stereocenters. The van der Waals surface area contributed by atoms with E-state index in [1.54, 1.807) is 4.90 Å². The zero-order chi connectivity index (χ0) is 18.6. The zero-order valence-electron chi connectivity index (χ0n) is 16.8. The highest BCUT2D eigenvalue weighted by molar-refractivity contribution is 5.91. The zero-order valence-corrected chi connectivity index (χ0v) is 16.8. The molecule has 1 fully saturated rings. The summed E-state index contributed by atoms with van der Waals surface area (Å²) in [6.45, 7) is 5.62. The first kappa shape index (κ1) is 20.8. The van der Waals surface area contributed by atoms with Crippen LogP contribution in [0.4, 0.5) is 10.5 Å². The second kappa shape index (κ2) is 11.9. The normalized spacial score (nSPS) is 14.5. The molecule has 0 bridgehead atoms. The minimum atomic E-state index is 0.0994. The Hall–Kier alpha value is -1.55. The molecule has 4 heteroatoms. The van der Waals surface area contributed by atoms with E-state index in [-0.39, 0.29) is 6.03 Å². The molecule has 0 aliphatic carbocycles. The number of carbonyl (C=O) groups is 1. The van der Waals surface area contributed by atoms with Crippen LogP contribution in [0.2, 0.25) is 0 Å². The summed E-state index contributed by atoms with van der Waals surface area (Å²) in [6.07, 6.45) is 12.0. The summed E-state index contributed by atoms with van der Waals surface area (Å²) in [5.74, 6) is 0. The first-order valence-corrected chi connectivity index (χ1v) is 10.5. The lowest BCUT2D eigenvalue weighted by molar-refractivity contribution is 0.198. The molecule has 146 valence electrons. The third-order valence-electron chi connectivity index (χ3n) is 5.32. The van der Waals surface area contributed by atoms with E-state index in [9.17, 15) is 4.79 Å². The third-order valence-corrected chi connectivity index (χ3v) is 5.32. The molecule has 1 aliphatic heterocycles. The molecule has 4 nitrogen and oxygen atoms in total. The van der Waals surface area contributed by atoms with Gasteiger partial charge in [-0.1, -0.05) is 64.0 Å². The van der Waals surface area contributed by atoms with Crippen molar-refractivity contribution in [2.75, 3.05) is 38.1 Å². The molecule has 0 aromatic heterocycles. The lowest BCUT2D eigenvalue weighted by Crippen LogP contribution is -2.50. The van der Waals surface area contributed by atoms with Crippen molar-refractivity contribution in [1.29, 1.82) is 0 Å². The molecule has 0 spiro atoms. The van der Waals surface area contributed by atoms with Crippen molar-refractivity contribution in [1.82, 2.24) is 10.2 Å². The molecule has 2 rings (SSSR count).